The molecule has 156 valence electrons. The van der Waals surface area contributed by atoms with Gasteiger partial charge in [-0.05, 0) is 47.9 Å². The van der Waals surface area contributed by atoms with E-state index >= 15 is 0 Å². The first-order chi connectivity index (χ1) is 14.2. The normalized spacial score (nSPS) is 17.4. The fourth-order valence-corrected chi connectivity index (χ4v) is 4.48. The third-order valence-corrected chi connectivity index (χ3v) is 6.03. The summed E-state index contributed by atoms with van der Waals surface area (Å²) in [6.07, 6.45) is 1.46. The van der Waals surface area contributed by atoms with Gasteiger partial charge in [0.1, 0.15) is 5.82 Å². The summed E-state index contributed by atoms with van der Waals surface area (Å²) in [5, 5.41) is 4.21. The van der Waals surface area contributed by atoms with Gasteiger partial charge in [0.05, 0.1) is 11.1 Å². The van der Waals surface area contributed by atoms with Crippen LogP contribution in [0.25, 0.3) is 10.8 Å². The van der Waals surface area contributed by atoms with E-state index in [1.807, 2.05) is 18.2 Å². The lowest BCUT2D eigenvalue weighted by molar-refractivity contribution is 0.163. The van der Waals surface area contributed by atoms with Crippen molar-refractivity contribution < 1.29 is 9.18 Å². The summed E-state index contributed by atoms with van der Waals surface area (Å²) < 4.78 is 13.4. The number of nitrogens with one attached hydrogen (secondary N) is 2. The first kappa shape index (κ1) is 20.4. The average Bonchev–Trinajstić information content (AvgIpc) is 2.69. The molecule has 0 bridgehead atoms. The highest BCUT2D eigenvalue weighted by molar-refractivity contribution is 6.31. The Bertz CT molecular complexity index is 1200. The number of carbonyl (C=O) groups is 1. The Morgan fingerprint density at radius 3 is 2.63 bits per heavy atom. The van der Waals surface area contributed by atoms with Gasteiger partial charge in [-0.2, -0.15) is 0 Å². The van der Waals surface area contributed by atoms with Gasteiger partial charge < -0.3 is 15.2 Å². The maximum Gasteiger partial charge on any atom is 0.322 e. The highest BCUT2D eigenvalue weighted by Gasteiger charge is 2.37. The molecule has 2 N–H and O–H groups in total. The average molecular weight is 428 g/mol. The third kappa shape index (κ3) is 3.67. The number of H-pyrrole nitrogens is 1. The van der Waals surface area contributed by atoms with Crippen LogP contribution in [0.15, 0.2) is 47.3 Å². The van der Waals surface area contributed by atoms with E-state index in [1.54, 1.807) is 18.0 Å². The van der Waals surface area contributed by atoms with Crippen molar-refractivity contribution in [3.05, 3.63) is 74.9 Å². The number of hydrogen-bond donors (Lipinski definition) is 2. The van der Waals surface area contributed by atoms with E-state index in [2.05, 4.69) is 24.1 Å². The molecule has 30 heavy (non-hydrogen) atoms. The number of aromatic nitrogens is 1. The number of urea groups is 1. The molecule has 0 radical (unpaired) electrons. The van der Waals surface area contributed by atoms with Crippen LogP contribution in [-0.4, -0.2) is 23.0 Å². The summed E-state index contributed by atoms with van der Waals surface area (Å²) in [4.78, 5) is 30.3. The standard InChI is InChI=1S/C23H23ClFN3O2/c1-23(2)11-18-20(14-6-4-5-7-15(14)21(29)27-18)19(12-23)28(3)22(30)26-13-8-9-17(25)16(24)10-13/h4-10,19H,11-12H2,1-3H3,(H,26,30)(H,27,29). The molecule has 0 saturated carbocycles. The maximum atomic E-state index is 13.4. The second-order valence-corrected chi connectivity index (χ2v) is 9.03. The van der Waals surface area contributed by atoms with Gasteiger partial charge in [-0.15, -0.1) is 0 Å². The second kappa shape index (κ2) is 7.43. The molecule has 4 rings (SSSR count). The van der Waals surface area contributed by atoms with E-state index in [4.69, 9.17) is 11.6 Å². The summed E-state index contributed by atoms with van der Waals surface area (Å²) in [5.74, 6) is -0.540. The van der Waals surface area contributed by atoms with Crippen molar-refractivity contribution in [1.82, 2.24) is 9.88 Å². The minimum atomic E-state index is -0.540. The summed E-state index contributed by atoms with van der Waals surface area (Å²) in [6, 6.07) is 11.0. The zero-order chi connectivity index (χ0) is 21.6. The Morgan fingerprint density at radius 1 is 1.23 bits per heavy atom. The molecule has 2 aromatic carbocycles. The van der Waals surface area contributed by atoms with Crippen LogP contribution in [0.2, 0.25) is 5.02 Å². The van der Waals surface area contributed by atoms with Gasteiger partial charge in [-0.1, -0.05) is 43.6 Å². The van der Waals surface area contributed by atoms with Crippen molar-refractivity contribution in [2.24, 2.45) is 5.41 Å². The molecular weight excluding hydrogens is 405 g/mol. The number of aromatic amines is 1. The Morgan fingerprint density at radius 2 is 1.93 bits per heavy atom. The summed E-state index contributed by atoms with van der Waals surface area (Å²) in [5.41, 5.74) is 2.04. The van der Waals surface area contributed by atoms with E-state index in [0.29, 0.717) is 11.1 Å². The molecular formula is C23H23ClFN3O2. The van der Waals surface area contributed by atoms with E-state index < -0.39 is 5.82 Å². The van der Waals surface area contributed by atoms with Crippen molar-refractivity contribution in [2.45, 2.75) is 32.7 Å². The Balaban J connectivity index is 1.75. The molecule has 1 atom stereocenters. The summed E-state index contributed by atoms with van der Waals surface area (Å²) in [6.45, 7) is 4.25. The van der Waals surface area contributed by atoms with Gasteiger partial charge in [0, 0.05) is 29.4 Å². The highest BCUT2D eigenvalue weighted by Crippen LogP contribution is 2.44. The van der Waals surface area contributed by atoms with E-state index in [0.717, 1.165) is 29.5 Å². The van der Waals surface area contributed by atoms with E-state index in [1.165, 1.54) is 18.2 Å². The lowest BCUT2D eigenvalue weighted by Crippen LogP contribution is -2.41. The first-order valence-corrected chi connectivity index (χ1v) is 10.2. The molecule has 5 nitrogen and oxygen atoms in total. The number of anilines is 1. The number of pyridine rings is 1. The number of fused-ring (bicyclic) bond motifs is 3. The summed E-state index contributed by atoms with van der Waals surface area (Å²) in [7, 11) is 1.73. The van der Waals surface area contributed by atoms with Crippen LogP contribution in [0, 0.1) is 11.2 Å². The lowest BCUT2D eigenvalue weighted by Gasteiger charge is -2.41. The zero-order valence-corrected chi connectivity index (χ0v) is 17.8. The lowest BCUT2D eigenvalue weighted by atomic mass is 9.72. The maximum absolute atomic E-state index is 13.4. The van der Waals surface area contributed by atoms with E-state index in [-0.39, 0.29) is 28.1 Å². The molecule has 0 fully saturated rings. The quantitative estimate of drug-likeness (QED) is 0.567. The molecule has 3 aromatic rings. The molecule has 1 unspecified atom stereocenters. The largest absolute Gasteiger partial charge is 0.325 e. The van der Waals surface area contributed by atoms with Crippen LogP contribution < -0.4 is 10.9 Å². The second-order valence-electron chi connectivity index (χ2n) is 8.62. The number of hydrogen-bond acceptors (Lipinski definition) is 2. The predicted octanol–water partition coefficient (Wildman–Crippen LogP) is 5.50. The Kier molecular flexibility index (Phi) is 5.06. The number of nitrogens with zero attached hydrogens (tertiary/aromatic N) is 1. The molecule has 0 spiro atoms. The molecule has 1 aromatic heterocycles. The van der Waals surface area contributed by atoms with Crippen molar-refractivity contribution in [2.75, 3.05) is 12.4 Å². The van der Waals surface area contributed by atoms with Gasteiger partial charge in [0.25, 0.3) is 5.56 Å². The Hall–Kier alpha value is -2.86. The number of carbonyl (C=O) groups excluding carboxylic acids is 1. The van der Waals surface area contributed by atoms with Crippen molar-refractivity contribution in [3.63, 3.8) is 0 Å². The first-order valence-electron chi connectivity index (χ1n) is 9.79. The van der Waals surface area contributed by atoms with Crippen molar-refractivity contribution in [1.29, 1.82) is 0 Å². The monoisotopic (exact) mass is 427 g/mol. The van der Waals surface area contributed by atoms with Crippen molar-refractivity contribution >= 4 is 34.1 Å². The van der Waals surface area contributed by atoms with Gasteiger partial charge in [-0.25, -0.2) is 9.18 Å². The SMILES string of the molecule is CN(C(=O)Nc1ccc(F)c(Cl)c1)C1CC(C)(C)Cc2[nH]c(=O)c3ccccc3c21. The van der Waals surface area contributed by atoms with Gasteiger partial charge in [0.2, 0.25) is 0 Å². The van der Waals surface area contributed by atoms with Crippen LogP contribution in [-0.2, 0) is 6.42 Å². The summed E-state index contributed by atoms with van der Waals surface area (Å²) >= 11 is 5.84. The van der Waals surface area contributed by atoms with Crippen molar-refractivity contribution in [3.8, 4) is 0 Å². The van der Waals surface area contributed by atoms with Gasteiger partial charge >= 0.3 is 6.03 Å². The molecule has 0 aliphatic heterocycles. The number of halogens is 2. The minimum absolute atomic E-state index is 0.0526. The zero-order valence-electron chi connectivity index (χ0n) is 17.1. The fraction of sp³-hybridized carbons (Fsp3) is 0.304. The van der Waals surface area contributed by atoms with E-state index in [9.17, 15) is 14.0 Å². The van der Waals surface area contributed by atoms with Crippen LogP contribution in [0.3, 0.4) is 0 Å². The number of amides is 2. The predicted molar refractivity (Wildman–Crippen MR) is 118 cm³/mol. The van der Waals surface area contributed by atoms with Crippen LogP contribution in [0.5, 0.6) is 0 Å². The fourth-order valence-electron chi connectivity index (χ4n) is 4.30. The van der Waals surface area contributed by atoms with Gasteiger partial charge in [0.15, 0.2) is 0 Å². The molecule has 0 saturated heterocycles. The molecule has 1 aliphatic rings. The third-order valence-electron chi connectivity index (χ3n) is 5.74. The molecule has 1 aliphatic carbocycles. The molecule has 2 amide bonds. The number of benzene rings is 2. The topological polar surface area (TPSA) is 65.2 Å². The van der Waals surface area contributed by atoms with Crippen LogP contribution in [0.4, 0.5) is 14.9 Å². The van der Waals surface area contributed by atoms with Crippen LogP contribution >= 0.6 is 11.6 Å². The minimum Gasteiger partial charge on any atom is -0.325 e. The smallest absolute Gasteiger partial charge is 0.322 e. The molecule has 7 heteroatoms. The molecule has 1 heterocycles. The Labute approximate surface area is 178 Å². The van der Waals surface area contributed by atoms with Crippen LogP contribution in [0.1, 0.15) is 37.6 Å². The van der Waals surface area contributed by atoms with Gasteiger partial charge in [-0.3, -0.25) is 4.79 Å². The number of rotatable bonds is 2. The highest BCUT2D eigenvalue weighted by atomic mass is 35.5.